The predicted molar refractivity (Wildman–Crippen MR) is 80.6 cm³/mol. The lowest BCUT2D eigenvalue weighted by Gasteiger charge is -2.24. The number of terminal acetylenes is 1. The Kier molecular flexibility index (Phi) is 3.49. The minimum atomic E-state index is -0.000809. The second-order valence-corrected chi connectivity index (χ2v) is 5.30. The van der Waals surface area contributed by atoms with Gasteiger partial charge in [-0.15, -0.1) is 6.42 Å². The van der Waals surface area contributed by atoms with Crippen molar-refractivity contribution in [1.29, 1.82) is 0 Å². The number of amides is 1. The van der Waals surface area contributed by atoms with Gasteiger partial charge in [0, 0.05) is 25.4 Å². The van der Waals surface area contributed by atoms with Crippen LogP contribution in [0.2, 0.25) is 0 Å². The van der Waals surface area contributed by atoms with Crippen LogP contribution in [-0.4, -0.2) is 27.1 Å². The topological polar surface area (TPSA) is 38.1 Å². The summed E-state index contributed by atoms with van der Waals surface area (Å²) in [6, 6.07) is 9.77. The number of aryl methyl sites for hydroxylation is 1. The van der Waals surface area contributed by atoms with E-state index in [9.17, 15) is 4.79 Å². The van der Waals surface area contributed by atoms with Gasteiger partial charge in [-0.05, 0) is 36.6 Å². The molecule has 3 rings (SSSR count). The molecule has 1 amide bonds. The van der Waals surface area contributed by atoms with Crippen molar-refractivity contribution in [3.8, 4) is 12.3 Å². The number of rotatable bonds is 2. The fraction of sp³-hybridized carbons (Fsp3) is 0.294. The van der Waals surface area contributed by atoms with E-state index in [4.69, 9.17) is 6.42 Å². The number of carbonyl (C=O) groups excluding carboxylic acids is 1. The van der Waals surface area contributed by atoms with Gasteiger partial charge in [0.2, 0.25) is 0 Å². The quantitative estimate of drug-likeness (QED) is 0.792. The molecule has 4 nitrogen and oxygen atoms in total. The molecule has 0 aliphatic carbocycles. The summed E-state index contributed by atoms with van der Waals surface area (Å²) >= 11 is 0. The lowest BCUT2D eigenvalue weighted by Crippen LogP contribution is -2.31. The number of nitrogens with zero attached hydrogens (tertiary/aromatic N) is 3. The van der Waals surface area contributed by atoms with Crippen LogP contribution in [-0.2, 0) is 7.05 Å². The van der Waals surface area contributed by atoms with Crippen LogP contribution in [0.4, 0.5) is 0 Å². The highest BCUT2D eigenvalue weighted by Gasteiger charge is 2.31. The average molecular weight is 279 g/mol. The SMILES string of the molecule is C#Cc1ccc(C2CCCN2C(=O)c2ccn(C)n2)cc1. The maximum absolute atomic E-state index is 12.6. The third kappa shape index (κ3) is 2.55. The van der Waals surface area contributed by atoms with Crippen molar-refractivity contribution in [2.45, 2.75) is 18.9 Å². The van der Waals surface area contributed by atoms with Crippen molar-refractivity contribution in [3.05, 3.63) is 53.3 Å². The number of hydrogen-bond donors (Lipinski definition) is 0. The van der Waals surface area contributed by atoms with Crippen molar-refractivity contribution in [2.75, 3.05) is 6.54 Å². The van der Waals surface area contributed by atoms with Gasteiger partial charge in [-0.3, -0.25) is 9.48 Å². The fourth-order valence-electron chi connectivity index (χ4n) is 2.83. The molecule has 1 aromatic heterocycles. The summed E-state index contributed by atoms with van der Waals surface area (Å²) < 4.78 is 1.65. The predicted octanol–water partition coefficient (Wildman–Crippen LogP) is 2.38. The van der Waals surface area contributed by atoms with Crippen molar-refractivity contribution < 1.29 is 4.79 Å². The summed E-state index contributed by atoms with van der Waals surface area (Å²) in [5.74, 6) is 2.61. The van der Waals surface area contributed by atoms with E-state index in [-0.39, 0.29) is 11.9 Å². The second kappa shape index (κ2) is 5.45. The van der Waals surface area contributed by atoms with Gasteiger partial charge < -0.3 is 4.90 Å². The van der Waals surface area contributed by atoms with E-state index in [0.717, 1.165) is 30.5 Å². The molecule has 2 aromatic rings. The molecule has 1 aliphatic heterocycles. The molecule has 0 saturated carbocycles. The monoisotopic (exact) mass is 279 g/mol. The van der Waals surface area contributed by atoms with E-state index in [1.807, 2.05) is 36.2 Å². The maximum atomic E-state index is 12.6. The molecule has 0 spiro atoms. The highest BCUT2D eigenvalue weighted by Crippen LogP contribution is 2.32. The lowest BCUT2D eigenvalue weighted by molar-refractivity contribution is 0.0729. The van der Waals surface area contributed by atoms with Crippen LogP contribution < -0.4 is 0 Å². The Morgan fingerprint density at radius 2 is 2.10 bits per heavy atom. The molecular weight excluding hydrogens is 262 g/mol. The van der Waals surface area contributed by atoms with Crippen LogP contribution in [0.5, 0.6) is 0 Å². The Morgan fingerprint density at radius 1 is 1.33 bits per heavy atom. The van der Waals surface area contributed by atoms with Crippen LogP contribution in [0.15, 0.2) is 36.5 Å². The molecule has 0 bridgehead atoms. The third-order valence-electron chi connectivity index (χ3n) is 3.91. The number of benzene rings is 1. The van der Waals surface area contributed by atoms with Gasteiger partial charge in [0.25, 0.3) is 5.91 Å². The van der Waals surface area contributed by atoms with Crippen LogP contribution in [0.25, 0.3) is 0 Å². The zero-order valence-corrected chi connectivity index (χ0v) is 12.0. The lowest BCUT2D eigenvalue weighted by atomic mass is 10.0. The van der Waals surface area contributed by atoms with E-state index in [1.165, 1.54) is 0 Å². The van der Waals surface area contributed by atoms with E-state index in [0.29, 0.717) is 5.69 Å². The molecule has 1 atom stereocenters. The van der Waals surface area contributed by atoms with Crippen LogP contribution >= 0.6 is 0 Å². The van der Waals surface area contributed by atoms with Crippen molar-refractivity contribution in [1.82, 2.24) is 14.7 Å². The zero-order valence-electron chi connectivity index (χ0n) is 12.0. The summed E-state index contributed by atoms with van der Waals surface area (Å²) in [6.07, 6.45) is 9.17. The Morgan fingerprint density at radius 3 is 2.71 bits per heavy atom. The fourth-order valence-corrected chi connectivity index (χ4v) is 2.83. The molecule has 2 heterocycles. The Labute approximate surface area is 124 Å². The molecule has 1 fully saturated rings. The first-order chi connectivity index (χ1) is 10.2. The zero-order chi connectivity index (χ0) is 14.8. The van der Waals surface area contributed by atoms with E-state index in [1.54, 1.807) is 16.9 Å². The van der Waals surface area contributed by atoms with Crippen LogP contribution in [0.1, 0.15) is 40.5 Å². The molecule has 1 unspecified atom stereocenters. The minimum Gasteiger partial charge on any atom is -0.330 e. The summed E-state index contributed by atoms with van der Waals surface area (Å²) in [7, 11) is 1.82. The molecular formula is C17H17N3O. The van der Waals surface area contributed by atoms with Gasteiger partial charge in [-0.2, -0.15) is 5.10 Å². The second-order valence-electron chi connectivity index (χ2n) is 5.30. The number of carbonyl (C=O) groups is 1. The van der Waals surface area contributed by atoms with Gasteiger partial charge in [0.05, 0.1) is 6.04 Å². The first kappa shape index (κ1) is 13.4. The van der Waals surface area contributed by atoms with Crippen LogP contribution in [0.3, 0.4) is 0 Å². The Bertz CT molecular complexity index is 694. The number of likely N-dealkylation sites (tertiary alicyclic amines) is 1. The normalized spacial score (nSPS) is 17.7. The molecule has 1 saturated heterocycles. The number of hydrogen-bond acceptors (Lipinski definition) is 2. The summed E-state index contributed by atoms with van der Waals surface area (Å²) in [6.45, 7) is 0.775. The highest BCUT2D eigenvalue weighted by atomic mass is 16.2. The standard InChI is InChI=1S/C17H17N3O/c1-3-13-6-8-14(9-7-13)16-5-4-11-20(16)17(21)15-10-12-19(2)18-15/h1,6-10,12,16H,4-5,11H2,2H3. The smallest absolute Gasteiger partial charge is 0.274 e. The summed E-state index contributed by atoms with van der Waals surface area (Å²) in [4.78, 5) is 14.5. The minimum absolute atomic E-state index is 0.000809. The van der Waals surface area contributed by atoms with Gasteiger partial charge in [0.15, 0.2) is 0 Å². The Hall–Kier alpha value is -2.54. The number of aromatic nitrogens is 2. The summed E-state index contributed by atoms with van der Waals surface area (Å²) in [5, 5.41) is 4.21. The van der Waals surface area contributed by atoms with Crippen molar-refractivity contribution >= 4 is 5.91 Å². The third-order valence-corrected chi connectivity index (χ3v) is 3.91. The molecule has 4 heteroatoms. The molecule has 0 N–H and O–H groups in total. The average Bonchev–Trinajstić information content (AvgIpc) is 3.15. The van der Waals surface area contributed by atoms with Crippen LogP contribution in [0, 0.1) is 12.3 Å². The molecule has 0 radical (unpaired) electrons. The van der Waals surface area contributed by atoms with Crippen molar-refractivity contribution in [2.24, 2.45) is 7.05 Å². The molecule has 1 aliphatic rings. The maximum Gasteiger partial charge on any atom is 0.274 e. The largest absolute Gasteiger partial charge is 0.330 e. The van der Waals surface area contributed by atoms with Gasteiger partial charge in [-0.1, -0.05) is 18.1 Å². The van der Waals surface area contributed by atoms with E-state index < -0.39 is 0 Å². The first-order valence-corrected chi connectivity index (χ1v) is 7.06. The van der Waals surface area contributed by atoms with Gasteiger partial charge in [-0.25, -0.2) is 0 Å². The Balaban J connectivity index is 1.85. The molecule has 1 aromatic carbocycles. The summed E-state index contributed by atoms with van der Waals surface area (Å²) in [5.41, 5.74) is 2.50. The highest BCUT2D eigenvalue weighted by molar-refractivity contribution is 5.92. The molecule has 106 valence electrons. The van der Waals surface area contributed by atoms with Crippen molar-refractivity contribution in [3.63, 3.8) is 0 Å². The van der Waals surface area contributed by atoms with Gasteiger partial charge >= 0.3 is 0 Å². The first-order valence-electron chi connectivity index (χ1n) is 7.06. The van der Waals surface area contributed by atoms with E-state index in [2.05, 4.69) is 11.0 Å². The van der Waals surface area contributed by atoms with Gasteiger partial charge in [0.1, 0.15) is 5.69 Å². The molecule has 21 heavy (non-hydrogen) atoms. The van der Waals surface area contributed by atoms with E-state index >= 15 is 0 Å².